The van der Waals surface area contributed by atoms with Gasteiger partial charge in [0, 0.05) is 4.83 Å². The summed E-state index contributed by atoms with van der Waals surface area (Å²) in [5.41, 5.74) is 0. The van der Waals surface area contributed by atoms with Crippen molar-refractivity contribution >= 4 is 15.9 Å². The summed E-state index contributed by atoms with van der Waals surface area (Å²) in [6.07, 6.45) is 4.79. The van der Waals surface area contributed by atoms with Crippen molar-refractivity contribution in [2.24, 2.45) is 5.92 Å². The Morgan fingerprint density at radius 3 is 2.44 bits per heavy atom. The molecule has 0 aromatic heterocycles. The van der Waals surface area contributed by atoms with Crippen LogP contribution in [-0.4, -0.2) is 4.83 Å². The Labute approximate surface area is 64.2 Å². The molecule has 0 N–H and O–H groups in total. The first-order chi connectivity index (χ1) is 4.34. The SMILES string of the molecule is N#C[C@H]1CCCC[C@@H]1Br. The van der Waals surface area contributed by atoms with E-state index in [-0.39, 0.29) is 5.92 Å². The maximum atomic E-state index is 8.58. The highest BCUT2D eigenvalue weighted by atomic mass is 79.9. The molecule has 0 unspecified atom stereocenters. The molecule has 0 heterocycles. The van der Waals surface area contributed by atoms with Crippen molar-refractivity contribution in [1.29, 1.82) is 5.26 Å². The summed E-state index contributed by atoms with van der Waals surface area (Å²) in [6.45, 7) is 0. The minimum Gasteiger partial charge on any atom is -0.198 e. The third-order valence-electron chi connectivity index (χ3n) is 1.85. The maximum Gasteiger partial charge on any atom is 0.0667 e. The molecule has 0 bridgehead atoms. The molecule has 0 aromatic carbocycles. The zero-order valence-electron chi connectivity index (χ0n) is 5.31. The average molecular weight is 188 g/mol. The molecule has 1 aliphatic carbocycles. The van der Waals surface area contributed by atoms with Gasteiger partial charge in [0.25, 0.3) is 0 Å². The number of nitriles is 1. The van der Waals surface area contributed by atoms with Gasteiger partial charge in [-0.2, -0.15) is 5.26 Å². The van der Waals surface area contributed by atoms with Crippen LogP contribution in [0, 0.1) is 17.2 Å². The van der Waals surface area contributed by atoms with Crippen LogP contribution >= 0.6 is 15.9 Å². The number of alkyl halides is 1. The molecule has 9 heavy (non-hydrogen) atoms. The Balaban J connectivity index is 2.41. The molecular weight excluding hydrogens is 178 g/mol. The molecule has 0 amide bonds. The first kappa shape index (κ1) is 7.08. The van der Waals surface area contributed by atoms with Crippen molar-refractivity contribution in [3.8, 4) is 6.07 Å². The summed E-state index contributed by atoms with van der Waals surface area (Å²) in [6, 6.07) is 2.31. The predicted molar refractivity (Wildman–Crippen MR) is 40.3 cm³/mol. The molecule has 2 heteroatoms. The second kappa shape index (κ2) is 3.22. The van der Waals surface area contributed by atoms with Crippen LogP contribution in [0.15, 0.2) is 0 Å². The zero-order chi connectivity index (χ0) is 6.69. The standard InChI is InChI=1S/C7H10BrN/c8-7-4-2-1-3-6(7)5-9/h6-7H,1-4H2/t6-,7+/m1/s1. The Kier molecular flexibility index (Phi) is 2.53. The van der Waals surface area contributed by atoms with Gasteiger partial charge in [-0.3, -0.25) is 0 Å². The molecule has 0 radical (unpaired) electrons. The topological polar surface area (TPSA) is 23.8 Å². The number of hydrogen-bond donors (Lipinski definition) is 0. The zero-order valence-corrected chi connectivity index (χ0v) is 6.89. The number of hydrogen-bond acceptors (Lipinski definition) is 1. The molecule has 0 spiro atoms. The Morgan fingerprint density at radius 2 is 2.00 bits per heavy atom. The van der Waals surface area contributed by atoms with Gasteiger partial charge in [-0.05, 0) is 12.8 Å². The number of rotatable bonds is 0. The number of nitrogens with zero attached hydrogens (tertiary/aromatic N) is 1. The monoisotopic (exact) mass is 187 g/mol. The number of halogens is 1. The van der Waals surface area contributed by atoms with E-state index in [9.17, 15) is 0 Å². The van der Waals surface area contributed by atoms with Gasteiger partial charge < -0.3 is 0 Å². The molecule has 0 aromatic rings. The van der Waals surface area contributed by atoms with Gasteiger partial charge in [0.05, 0.1) is 12.0 Å². The Hall–Kier alpha value is -0.0300. The average Bonchev–Trinajstić information content (AvgIpc) is 1.89. The van der Waals surface area contributed by atoms with Crippen molar-refractivity contribution in [2.45, 2.75) is 30.5 Å². The van der Waals surface area contributed by atoms with E-state index in [1.807, 2.05) is 0 Å². The van der Waals surface area contributed by atoms with Crippen LogP contribution in [0.4, 0.5) is 0 Å². The van der Waals surface area contributed by atoms with Crippen molar-refractivity contribution in [3.63, 3.8) is 0 Å². The summed E-state index contributed by atoms with van der Waals surface area (Å²) in [5, 5.41) is 8.58. The molecule has 1 rings (SSSR count). The maximum absolute atomic E-state index is 8.58. The molecule has 1 saturated carbocycles. The molecule has 2 atom stereocenters. The fraction of sp³-hybridized carbons (Fsp3) is 0.857. The fourth-order valence-corrected chi connectivity index (χ4v) is 1.94. The molecule has 50 valence electrons. The first-order valence-corrected chi connectivity index (χ1v) is 4.30. The van der Waals surface area contributed by atoms with E-state index in [2.05, 4.69) is 22.0 Å². The second-order valence-electron chi connectivity index (χ2n) is 2.54. The van der Waals surface area contributed by atoms with Gasteiger partial charge in [-0.15, -0.1) is 0 Å². The van der Waals surface area contributed by atoms with E-state index in [4.69, 9.17) is 5.26 Å². The van der Waals surface area contributed by atoms with E-state index < -0.39 is 0 Å². The molecule has 1 fully saturated rings. The molecule has 0 aliphatic heterocycles. The van der Waals surface area contributed by atoms with Crippen LogP contribution < -0.4 is 0 Å². The summed E-state index contributed by atoms with van der Waals surface area (Å²) in [7, 11) is 0. The van der Waals surface area contributed by atoms with E-state index in [0.717, 1.165) is 6.42 Å². The Morgan fingerprint density at radius 1 is 1.33 bits per heavy atom. The lowest BCUT2D eigenvalue weighted by molar-refractivity contribution is 0.445. The van der Waals surface area contributed by atoms with Gasteiger partial charge in [-0.1, -0.05) is 28.8 Å². The van der Waals surface area contributed by atoms with Crippen molar-refractivity contribution in [3.05, 3.63) is 0 Å². The minimum absolute atomic E-state index is 0.277. The summed E-state index contributed by atoms with van der Waals surface area (Å²) < 4.78 is 0. The van der Waals surface area contributed by atoms with Crippen molar-refractivity contribution in [1.82, 2.24) is 0 Å². The third-order valence-corrected chi connectivity index (χ3v) is 2.94. The normalized spacial score (nSPS) is 35.6. The van der Waals surface area contributed by atoms with Crippen molar-refractivity contribution in [2.75, 3.05) is 0 Å². The van der Waals surface area contributed by atoms with Crippen LogP contribution in [0.3, 0.4) is 0 Å². The summed E-state index contributed by atoms with van der Waals surface area (Å²) >= 11 is 3.49. The predicted octanol–water partition coefficient (Wildman–Crippen LogP) is 2.46. The van der Waals surface area contributed by atoms with Gasteiger partial charge in [0.15, 0.2) is 0 Å². The highest BCUT2D eigenvalue weighted by molar-refractivity contribution is 9.09. The van der Waals surface area contributed by atoms with E-state index >= 15 is 0 Å². The Bertz CT molecular complexity index is 127. The lowest BCUT2D eigenvalue weighted by Gasteiger charge is -2.20. The molecule has 1 nitrogen and oxygen atoms in total. The molecular formula is C7H10BrN. The highest BCUT2D eigenvalue weighted by Gasteiger charge is 2.21. The quantitative estimate of drug-likeness (QED) is 0.535. The van der Waals surface area contributed by atoms with Crippen LogP contribution in [0.2, 0.25) is 0 Å². The van der Waals surface area contributed by atoms with Gasteiger partial charge >= 0.3 is 0 Å². The van der Waals surface area contributed by atoms with E-state index in [0.29, 0.717) is 4.83 Å². The van der Waals surface area contributed by atoms with Crippen molar-refractivity contribution < 1.29 is 0 Å². The smallest absolute Gasteiger partial charge is 0.0667 e. The van der Waals surface area contributed by atoms with Crippen LogP contribution in [0.5, 0.6) is 0 Å². The van der Waals surface area contributed by atoms with Crippen LogP contribution in [0.25, 0.3) is 0 Å². The summed E-state index contributed by atoms with van der Waals surface area (Å²) in [5.74, 6) is 0.277. The lowest BCUT2D eigenvalue weighted by atomic mass is 9.90. The molecule has 1 aliphatic rings. The van der Waals surface area contributed by atoms with Gasteiger partial charge in [-0.25, -0.2) is 0 Å². The van der Waals surface area contributed by atoms with Crippen LogP contribution in [-0.2, 0) is 0 Å². The summed E-state index contributed by atoms with van der Waals surface area (Å²) in [4.78, 5) is 0.469. The third kappa shape index (κ3) is 1.69. The lowest BCUT2D eigenvalue weighted by Crippen LogP contribution is -2.16. The van der Waals surface area contributed by atoms with E-state index in [1.54, 1.807) is 0 Å². The van der Waals surface area contributed by atoms with E-state index in [1.165, 1.54) is 19.3 Å². The van der Waals surface area contributed by atoms with Gasteiger partial charge in [0.2, 0.25) is 0 Å². The second-order valence-corrected chi connectivity index (χ2v) is 3.71. The first-order valence-electron chi connectivity index (χ1n) is 3.38. The van der Waals surface area contributed by atoms with Gasteiger partial charge in [0.1, 0.15) is 0 Å². The minimum atomic E-state index is 0.277. The van der Waals surface area contributed by atoms with Crippen LogP contribution in [0.1, 0.15) is 25.7 Å². The largest absolute Gasteiger partial charge is 0.198 e. The molecule has 0 saturated heterocycles. The highest BCUT2D eigenvalue weighted by Crippen LogP contribution is 2.28. The fourth-order valence-electron chi connectivity index (χ4n) is 1.23.